The topological polar surface area (TPSA) is 76.1 Å². The van der Waals surface area contributed by atoms with Gasteiger partial charge in [0, 0.05) is 12.3 Å². The molecule has 0 aromatic carbocycles. The summed E-state index contributed by atoms with van der Waals surface area (Å²) in [5.74, 6) is 0.315. The second-order valence-corrected chi connectivity index (χ2v) is 10.4. The first-order valence-electron chi connectivity index (χ1n) is 6.70. The molecule has 0 fully saturated rings. The minimum Gasteiger partial charge on any atom is -0.293 e. The van der Waals surface area contributed by atoms with Crippen LogP contribution in [-0.4, -0.2) is 19.2 Å². The Balaban J connectivity index is 1.94. The van der Waals surface area contributed by atoms with E-state index >= 15 is 0 Å². The summed E-state index contributed by atoms with van der Waals surface area (Å²) in [7, 11) is -3.83. The van der Waals surface area contributed by atoms with E-state index in [0.717, 1.165) is 22.7 Å². The predicted octanol–water partition coefficient (Wildman–Crippen LogP) is 4.64. The summed E-state index contributed by atoms with van der Waals surface area (Å²) in [4.78, 5) is 17.0. The number of carbonyl (C=O) groups is 1. The second-order valence-electron chi connectivity index (χ2n) is 5.42. The molecule has 2 atom stereocenters. The number of carbonyl (C=O) groups excluding carboxylic acids is 1. The van der Waals surface area contributed by atoms with Crippen molar-refractivity contribution in [3.8, 4) is 0 Å². The number of sulfonamides is 1. The van der Waals surface area contributed by atoms with Crippen LogP contribution in [0.1, 0.15) is 41.6 Å². The summed E-state index contributed by atoms with van der Waals surface area (Å²) in [6.45, 7) is 3.98. The van der Waals surface area contributed by atoms with Gasteiger partial charge in [0.2, 0.25) is 0 Å². The Labute approximate surface area is 151 Å². The molecule has 5 nitrogen and oxygen atoms in total. The van der Waals surface area contributed by atoms with Gasteiger partial charge in [0.1, 0.15) is 8.55 Å². The van der Waals surface area contributed by atoms with E-state index in [9.17, 15) is 13.2 Å². The number of thiophene rings is 1. The molecular formula is C13H12Cl2N2O3S3. The van der Waals surface area contributed by atoms with Crippen LogP contribution in [0.15, 0.2) is 10.3 Å². The molecule has 0 saturated carbocycles. The molecule has 1 aliphatic carbocycles. The molecular weight excluding hydrogens is 399 g/mol. The molecule has 1 aliphatic rings. The van der Waals surface area contributed by atoms with Gasteiger partial charge < -0.3 is 0 Å². The maximum absolute atomic E-state index is 12.4. The molecule has 2 heterocycles. The third-order valence-electron chi connectivity index (χ3n) is 3.81. The lowest BCUT2D eigenvalue weighted by molar-refractivity contribution is 0.0948. The van der Waals surface area contributed by atoms with E-state index in [-0.39, 0.29) is 36.3 Å². The maximum atomic E-state index is 12.4. The van der Waals surface area contributed by atoms with E-state index in [1.165, 1.54) is 6.07 Å². The number of nitrogens with zero attached hydrogens (tertiary/aromatic N) is 1. The highest BCUT2D eigenvalue weighted by molar-refractivity contribution is 7.95. The van der Waals surface area contributed by atoms with Crippen LogP contribution >= 0.6 is 45.9 Å². The number of thiazole rings is 1. The molecule has 2 aromatic heterocycles. The molecule has 124 valence electrons. The van der Waals surface area contributed by atoms with Crippen molar-refractivity contribution in [1.29, 1.82) is 0 Å². The van der Waals surface area contributed by atoms with Crippen LogP contribution in [0.4, 0.5) is 5.13 Å². The third-order valence-corrected chi connectivity index (χ3v) is 8.64. The molecule has 10 heteroatoms. The number of hydrogen-bond donors (Lipinski definition) is 1. The maximum Gasteiger partial charge on any atom is 0.273 e. The molecule has 23 heavy (non-hydrogen) atoms. The normalized spacial score (nSPS) is 21.3. The minimum atomic E-state index is -3.83. The van der Waals surface area contributed by atoms with Crippen molar-refractivity contribution in [1.82, 2.24) is 4.98 Å². The zero-order chi connectivity index (χ0) is 16.9. The van der Waals surface area contributed by atoms with Crippen molar-refractivity contribution < 1.29 is 13.2 Å². The van der Waals surface area contributed by atoms with Crippen molar-refractivity contribution in [2.24, 2.45) is 5.92 Å². The first-order chi connectivity index (χ1) is 10.7. The van der Waals surface area contributed by atoms with Crippen LogP contribution in [0.2, 0.25) is 9.36 Å². The third kappa shape index (κ3) is 3.15. The molecule has 0 aliphatic heterocycles. The van der Waals surface area contributed by atoms with Gasteiger partial charge in [-0.1, -0.05) is 48.4 Å². The lowest BCUT2D eigenvalue weighted by atomic mass is 9.82. The number of Topliss-reactive ketones (excluding diaryl/α,β-unsaturated/α-hetero) is 1. The number of hydrogen-bond acceptors (Lipinski definition) is 6. The van der Waals surface area contributed by atoms with Crippen LogP contribution in [0.3, 0.4) is 0 Å². The first-order valence-corrected chi connectivity index (χ1v) is 10.6. The Morgan fingerprint density at radius 2 is 2.00 bits per heavy atom. The molecule has 2 unspecified atom stereocenters. The fraction of sp³-hybridized carbons (Fsp3) is 0.385. The SMILES string of the molecule is CC1CC(=O)c2sc(NS(=O)(=O)c3cc(Cl)c(Cl)s3)nc2C1C. The highest BCUT2D eigenvalue weighted by atomic mass is 35.5. The Bertz CT molecular complexity index is 869. The Kier molecular flexibility index (Phi) is 4.48. The van der Waals surface area contributed by atoms with Crippen molar-refractivity contribution in [3.05, 3.63) is 26.0 Å². The number of nitrogens with one attached hydrogen (secondary N) is 1. The molecule has 3 rings (SSSR count). The van der Waals surface area contributed by atoms with Gasteiger partial charge in [0.05, 0.1) is 15.6 Å². The highest BCUT2D eigenvalue weighted by Gasteiger charge is 2.33. The van der Waals surface area contributed by atoms with E-state index < -0.39 is 10.0 Å². The van der Waals surface area contributed by atoms with Crippen LogP contribution in [0, 0.1) is 5.92 Å². The zero-order valence-electron chi connectivity index (χ0n) is 12.1. The monoisotopic (exact) mass is 410 g/mol. The van der Waals surface area contributed by atoms with Crippen molar-refractivity contribution in [3.63, 3.8) is 0 Å². The number of anilines is 1. The van der Waals surface area contributed by atoms with E-state index in [1.54, 1.807) is 0 Å². The Morgan fingerprint density at radius 1 is 1.30 bits per heavy atom. The summed E-state index contributed by atoms with van der Waals surface area (Å²) in [5.41, 5.74) is 0.665. The second kappa shape index (κ2) is 6.00. The average Bonchev–Trinajstić information content (AvgIpc) is 3.01. The summed E-state index contributed by atoms with van der Waals surface area (Å²) >= 11 is 13.6. The standard InChI is InChI=1S/C13H12Cl2N2O3S3/c1-5-3-8(18)11-10(6(5)2)16-13(22-11)17-23(19,20)9-4-7(14)12(15)21-9/h4-6H,3H2,1-2H3,(H,16,17). The van der Waals surface area contributed by atoms with E-state index in [0.29, 0.717) is 17.0 Å². The van der Waals surface area contributed by atoms with Gasteiger partial charge in [-0.05, 0) is 12.0 Å². The van der Waals surface area contributed by atoms with E-state index in [4.69, 9.17) is 23.2 Å². The lowest BCUT2D eigenvalue weighted by Crippen LogP contribution is -2.20. The van der Waals surface area contributed by atoms with Gasteiger partial charge in [-0.2, -0.15) is 0 Å². The molecule has 0 bridgehead atoms. The summed E-state index contributed by atoms with van der Waals surface area (Å²) in [6, 6.07) is 1.29. The number of halogens is 2. The molecule has 0 amide bonds. The van der Waals surface area contributed by atoms with Crippen molar-refractivity contribution in [2.75, 3.05) is 4.72 Å². The highest BCUT2D eigenvalue weighted by Crippen LogP contribution is 2.40. The Hall–Kier alpha value is -0.670. The number of aromatic nitrogens is 1. The largest absolute Gasteiger partial charge is 0.293 e. The summed E-state index contributed by atoms with van der Waals surface area (Å²) in [5, 5.41) is 0.373. The zero-order valence-corrected chi connectivity index (χ0v) is 16.1. The van der Waals surface area contributed by atoms with Crippen molar-refractivity contribution in [2.45, 2.75) is 30.4 Å². The average molecular weight is 411 g/mol. The molecule has 2 aromatic rings. The van der Waals surface area contributed by atoms with Gasteiger partial charge >= 0.3 is 0 Å². The summed E-state index contributed by atoms with van der Waals surface area (Å²) < 4.78 is 27.4. The predicted molar refractivity (Wildman–Crippen MR) is 93.8 cm³/mol. The summed E-state index contributed by atoms with van der Waals surface area (Å²) in [6.07, 6.45) is 0.457. The number of ketones is 1. The van der Waals surface area contributed by atoms with Gasteiger partial charge in [-0.25, -0.2) is 13.4 Å². The van der Waals surface area contributed by atoms with E-state index in [1.807, 2.05) is 13.8 Å². The van der Waals surface area contributed by atoms with Crippen LogP contribution < -0.4 is 4.72 Å². The smallest absolute Gasteiger partial charge is 0.273 e. The van der Waals surface area contributed by atoms with Crippen molar-refractivity contribution >= 4 is 66.8 Å². The number of rotatable bonds is 3. The molecule has 0 spiro atoms. The molecule has 0 radical (unpaired) electrons. The van der Waals surface area contributed by atoms with Crippen LogP contribution in [0.5, 0.6) is 0 Å². The first kappa shape index (κ1) is 17.2. The minimum absolute atomic E-state index is 0.00779. The Morgan fingerprint density at radius 3 is 2.61 bits per heavy atom. The molecule has 1 N–H and O–H groups in total. The fourth-order valence-electron chi connectivity index (χ4n) is 2.34. The quantitative estimate of drug-likeness (QED) is 0.799. The van der Waals surface area contributed by atoms with Gasteiger partial charge in [-0.3, -0.25) is 9.52 Å². The van der Waals surface area contributed by atoms with Gasteiger partial charge in [0.15, 0.2) is 10.9 Å². The van der Waals surface area contributed by atoms with Gasteiger partial charge in [0.25, 0.3) is 10.0 Å². The molecule has 0 saturated heterocycles. The van der Waals surface area contributed by atoms with Gasteiger partial charge in [-0.15, -0.1) is 11.3 Å². The fourth-order valence-corrected chi connectivity index (χ4v) is 6.47. The number of fused-ring (bicyclic) bond motifs is 1. The van der Waals surface area contributed by atoms with Crippen LogP contribution in [-0.2, 0) is 10.0 Å². The van der Waals surface area contributed by atoms with E-state index in [2.05, 4.69) is 9.71 Å². The van der Waals surface area contributed by atoms with Crippen LogP contribution in [0.25, 0.3) is 0 Å². The lowest BCUT2D eigenvalue weighted by Gasteiger charge is -2.23.